The fourth-order valence-electron chi connectivity index (χ4n) is 2.50. The zero-order chi connectivity index (χ0) is 19.9. The van der Waals surface area contributed by atoms with E-state index in [0.29, 0.717) is 4.90 Å². The topological polar surface area (TPSA) is 82.0 Å². The van der Waals surface area contributed by atoms with Gasteiger partial charge in [-0.1, -0.05) is 6.07 Å². The van der Waals surface area contributed by atoms with Crippen LogP contribution in [0.3, 0.4) is 0 Å². The largest absolute Gasteiger partial charge is 0.459 e. The number of ether oxygens (including phenoxy) is 1. The Morgan fingerprint density at radius 3 is 2.58 bits per heavy atom. The van der Waals surface area contributed by atoms with E-state index in [0.717, 1.165) is 6.07 Å². The van der Waals surface area contributed by atoms with Crippen molar-refractivity contribution in [3.8, 4) is 0 Å². The second kappa shape index (κ2) is 6.84. The molecular weight excluding hydrogens is 384 g/mol. The van der Waals surface area contributed by atoms with E-state index in [-0.39, 0.29) is 11.3 Å². The quantitative estimate of drug-likeness (QED) is 0.313. The summed E-state index contributed by atoms with van der Waals surface area (Å²) in [4.78, 5) is 12.5. The number of aliphatic hydroxyl groups is 2. The summed E-state index contributed by atoms with van der Waals surface area (Å²) in [6.07, 6.45) is -9.43. The first-order valence-corrected chi connectivity index (χ1v) is 7.89. The Bertz CT molecular complexity index is 686. The molecule has 0 saturated carbocycles. The third-order valence-corrected chi connectivity index (χ3v) is 3.87. The lowest BCUT2D eigenvalue weighted by molar-refractivity contribution is -0.275. The Balaban J connectivity index is 2.36. The molecule has 1 saturated heterocycles. The van der Waals surface area contributed by atoms with Gasteiger partial charge in [0.15, 0.2) is 0 Å². The van der Waals surface area contributed by atoms with Crippen molar-refractivity contribution in [2.45, 2.75) is 49.9 Å². The first-order valence-electron chi connectivity index (χ1n) is 7.51. The van der Waals surface area contributed by atoms with E-state index in [4.69, 9.17) is 16.3 Å². The molecule has 3 atom stereocenters. The van der Waals surface area contributed by atoms with Gasteiger partial charge in [0.2, 0.25) is 0 Å². The van der Waals surface area contributed by atoms with E-state index < -0.39 is 42.0 Å². The van der Waals surface area contributed by atoms with Gasteiger partial charge in [0.1, 0.15) is 6.23 Å². The van der Waals surface area contributed by atoms with Crippen molar-refractivity contribution in [1.29, 1.82) is 0 Å². The summed E-state index contributed by atoms with van der Waals surface area (Å²) in [5.74, 6) is -4.83. The molecule has 146 valence electrons. The molecule has 1 aliphatic rings. The Kier molecular flexibility index (Phi) is 5.44. The van der Waals surface area contributed by atoms with Gasteiger partial charge >= 0.3 is 12.1 Å². The second-order valence-electron chi connectivity index (χ2n) is 6.07. The first kappa shape index (κ1) is 20.7. The minimum Gasteiger partial charge on any atom is -0.459 e. The predicted octanol–water partition coefficient (Wildman–Crippen LogP) is 2.44. The van der Waals surface area contributed by atoms with Gasteiger partial charge in [0.25, 0.3) is 11.1 Å². The summed E-state index contributed by atoms with van der Waals surface area (Å²) in [7, 11) is 0. The lowest BCUT2D eigenvalue weighted by atomic mass is 10.0. The summed E-state index contributed by atoms with van der Waals surface area (Å²) in [5, 5.41) is 18.3. The highest BCUT2D eigenvalue weighted by Crippen LogP contribution is 2.43. The van der Waals surface area contributed by atoms with Crippen molar-refractivity contribution in [2.24, 2.45) is 0 Å². The number of carbonyl (C=O) groups excluding carboxylic acids is 1. The van der Waals surface area contributed by atoms with Crippen LogP contribution in [-0.4, -0.2) is 45.8 Å². The van der Waals surface area contributed by atoms with Crippen LogP contribution in [0.1, 0.15) is 30.6 Å². The van der Waals surface area contributed by atoms with Crippen LogP contribution in [0, 0.1) is 0 Å². The standard InChI is InChI=1S/C15H17ClF4N2O4/c1-8(2)26-12(24)9-4-3-5-10(6-9)22-11(23)7-13(17,14(18,19)20)21-15(22,16)25/h3-6,8,11,21,23,25H,7H2,1-2H3. The van der Waals surface area contributed by atoms with Gasteiger partial charge in [-0.05, 0) is 43.6 Å². The van der Waals surface area contributed by atoms with Gasteiger partial charge in [0.05, 0.1) is 11.7 Å². The molecule has 1 aliphatic heterocycles. The van der Waals surface area contributed by atoms with Gasteiger partial charge in [-0.15, -0.1) is 0 Å². The Hall–Kier alpha value is -1.62. The third kappa shape index (κ3) is 4.03. The van der Waals surface area contributed by atoms with Gasteiger partial charge < -0.3 is 14.9 Å². The van der Waals surface area contributed by atoms with Gasteiger partial charge in [-0.2, -0.15) is 13.2 Å². The van der Waals surface area contributed by atoms with Crippen LogP contribution in [0.5, 0.6) is 0 Å². The molecule has 0 amide bonds. The van der Waals surface area contributed by atoms with Crippen molar-refractivity contribution in [2.75, 3.05) is 4.90 Å². The first-order chi connectivity index (χ1) is 11.8. The molecule has 1 fully saturated rings. The van der Waals surface area contributed by atoms with E-state index in [9.17, 15) is 32.6 Å². The second-order valence-corrected chi connectivity index (χ2v) is 6.60. The molecule has 1 aromatic carbocycles. The monoisotopic (exact) mass is 400 g/mol. The summed E-state index contributed by atoms with van der Waals surface area (Å²) in [6, 6.07) is 5.11. The number of alkyl halides is 5. The molecule has 3 N–H and O–H groups in total. The molecule has 6 nitrogen and oxygen atoms in total. The van der Waals surface area contributed by atoms with Crippen molar-refractivity contribution >= 4 is 23.3 Å². The Labute approximate surface area is 151 Å². The number of esters is 1. The zero-order valence-electron chi connectivity index (χ0n) is 13.7. The number of anilines is 1. The fourth-order valence-corrected chi connectivity index (χ4v) is 2.86. The lowest BCUT2D eigenvalue weighted by Crippen LogP contribution is -2.74. The molecule has 0 radical (unpaired) electrons. The molecule has 1 heterocycles. The number of halogens is 5. The van der Waals surface area contributed by atoms with E-state index in [1.165, 1.54) is 23.5 Å². The predicted molar refractivity (Wildman–Crippen MR) is 83.9 cm³/mol. The minimum absolute atomic E-state index is 0.00349. The number of rotatable bonds is 3. The summed E-state index contributed by atoms with van der Waals surface area (Å²) in [5.41, 5.74) is -0.117. The summed E-state index contributed by atoms with van der Waals surface area (Å²) < 4.78 is 57.7. The number of carbonyl (C=O) groups is 1. The average Bonchev–Trinajstić information content (AvgIpc) is 2.43. The van der Waals surface area contributed by atoms with Crippen LogP contribution in [0.15, 0.2) is 24.3 Å². The molecule has 0 bridgehead atoms. The van der Waals surface area contributed by atoms with E-state index in [1.807, 2.05) is 0 Å². The highest BCUT2D eigenvalue weighted by molar-refractivity contribution is 6.23. The molecule has 0 aliphatic carbocycles. The number of hydrogen-bond donors (Lipinski definition) is 3. The van der Waals surface area contributed by atoms with Gasteiger partial charge in [0, 0.05) is 12.1 Å². The fraction of sp³-hybridized carbons (Fsp3) is 0.533. The van der Waals surface area contributed by atoms with Crippen LogP contribution in [0.25, 0.3) is 0 Å². The SMILES string of the molecule is CC(C)OC(=O)c1cccc(N2C(O)CC(F)(C(F)(F)F)NC2(O)Cl)c1. The van der Waals surface area contributed by atoms with Crippen molar-refractivity contribution in [3.63, 3.8) is 0 Å². The summed E-state index contributed by atoms with van der Waals surface area (Å²) in [6.45, 7) is 3.24. The van der Waals surface area contributed by atoms with Crippen LogP contribution in [-0.2, 0) is 4.74 Å². The zero-order valence-corrected chi connectivity index (χ0v) is 14.5. The normalized spacial score (nSPS) is 29.8. The van der Waals surface area contributed by atoms with Gasteiger partial charge in [-0.3, -0.25) is 4.90 Å². The van der Waals surface area contributed by atoms with E-state index >= 15 is 0 Å². The Morgan fingerprint density at radius 1 is 1.46 bits per heavy atom. The molecule has 2 rings (SSSR count). The average molecular weight is 401 g/mol. The number of aliphatic hydroxyl groups excluding tert-OH is 1. The third-order valence-electron chi connectivity index (χ3n) is 3.59. The van der Waals surface area contributed by atoms with Crippen LogP contribution in [0.4, 0.5) is 23.2 Å². The molecule has 26 heavy (non-hydrogen) atoms. The minimum atomic E-state index is -5.42. The molecule has 3 unspecified atom stereocenters. The highest BCUT2D eigenvalue weighted by atomic mass is 35.5. The number of benzene rings is 1. The number of nitrogens with one attached hydrogen (secondary N) is 1. The molecular formula is C15H17ClF4N2O4. The number of hydrogen-bond acceptors (Lipinski definition) is 6. The Morgan fingerprint density at radius 2 is 2.08 bits per heavy atom. The molecule has 1 aromatic rings. The van der Waals surface area contributed by atoms with Crippen LogP contribution < -0.4 is 10.2 Å². The molecule has 11 heteroatoms. The molecule has 0 spiro atoms. The van der Waals surface area contributed by atoms with Crippen molar-refractivity contribution in [1.82, 2.24) is 5.32 Å². The van der Waals surface area contributed by atoms with E-state index in [1.54, 1.807) is 13.8 Å². The van der Waals surface area contributed by atoms with Crippen LogP contribution in [0.2, 0.25) is 0 Å². The molecule has 0 aromatic heterocycles. The summed E-state index contributed by atoms with van der Waals surface area (Å²) >= 11 is 5.63. The maximum absolute atomic E-state index is 14.1. The highest BCUT2D eigenvalue weighted by Gasteiger charge is 2.65. The number of nitrogens with zero attached hydrogens (tertiary/aromatic N) is 1. The van der Waals surface area contributed by atoms with Crippen molar-refractivity contribution in [3.05, 3.63) is 29.8 Å². The van der Waals surface area contributed by atoms with Gasteiger partial charge in [-0.25, -0.2) is 14.5 Å². The van der Waals surface area contributed by atoms with Crippen molar-refractivity contribution < 1.29 is 37.3 Å². The van der Waals surface area contributed by atoms with Crippen LogP contribution >= 0.6 is 11.6 Å². The van der Waals surface area contributed by atoms with E-state index in [2.05, 4.69) is 0 Å². The lowest BCUT2D eigenvalue weighted by Gasteiger charge is -2.49. The maximum Gasteiger partial charge on any atom is 0.436 e. The smallest absolute Gasteiger partial charge is 0.436 e. The maximum atomic E-state index is 14.1.